The molecule has 0 aliphatic carbocycles. The lowest BCUT2D eigenvalue weighted by molar-refractivity contribution is -0.120. The Morgan fingerprint density at radius 1 is 1.00 bits per heavy atom. The highest BCUT2D eigenvalue weighted by Gasteiger charge is 2.05. The number of amides is 1. The summed E-state index contributed by atoms with van der Waals surface area (Å²) in [4.78, 5) is 16.0. The maximum Gasteiger partial charge on any atom is 0.224 e. The van der Waals surface area contributed by atoms with Gasteiger partial charge < -0.3 is 16.0 Å². The number of aliphatic imine (C=N–C) groups is 1. The number of rotatable bonds is 7. The van der Waals surface area contributed by atoms with Crippen LogP contribution < -0.4 is 16.0 Å². The molecule has 3 N–H and O–H groups in total. The van der Waals surface area contributed by atoms with E-state index in [0.717, 1.165) is 5.56 Å². The van der Waals surface area contributed by atoms with Crippen molar-refractivity contribution in [2.75, 3.05) is 20.1 Å². The average molecular weight is 502 g/mol. The van der Waals surface area contributed by atoms with Crippen LogP contribution in [0, 0.1) is 18.6 Å². The van der Waals surface area contributed by atoms with Gasteiger partial charge in [0, 0.05) is 26.7 Å². The summed E-state index contributed by atoms with van der Waals surface area (Å²) in [5.74, 6) is -0.174. The quantitative estimate of drug-likeness (QED) is 0.236. The van der Waals surface area contributed by atoms with Crippen LogP contribution in [-0.2, 0) is 17.8 Å². The molecule has 1 amide bonds. The Labute approximate surface area is 181 Å². The molecule has 5 nitrogen and oxygen atoms in total. The Morgan fingerprint density at radius 2 is 1.75 bits per heavy atom. The van der Waals surface area contributed by atoms with E-state index >= 15 is 0 Å². The summed E-state index contributed by atoms with van der Waals surface area (Å²) in [5, 5.41) is 8.98. The molecule has 0 aliphatic heterocycles. The van der Waals surface area contributed by atoms with Crippen LogP contribution in [0.1, 0.15) is 16.7 Å². The van der Waals surface area contributed by atoms with E-state index in [4.69, 9.17) is 0 Å². The molecule has 0 spiro atoms. The van der Waals surface area contributed by atoms with Gasteiger partial charge in [-0.15, -0.1) is 24.0 Å². The van der Waals surface area contributed by atoms with Crippen molar-refractivity contribution in [3.63, 3.8) is 0 Å². The Kier molecular flexibility index (Phi) is 10.4. The van der Waals surface area contributed by atoms with Gasteiger partial charge in [-0.25, -0.2) is 8.78 Å². The van der Waals surface area contributed by atoms with Gasteiger partial charge in [0.05, 0.1) is 6.42 Å². The minimum absolute atomic E-state index is 0. The van der Waals surface area contributed by atoms with Gasteiger partial charge in [0.1, 0.15) is 11.6 Å². The molecule has 2 aromatic carbocycles. The fourth-order valence-electron chi connectivity index (χ4n) is 2.50. The van der Waals surface area contributed by atoms with Crippen LogP contribution in [0.25, 0.3) is 0 Å². The maximum atomic E-state index is 13.3. The summed E-state index contributed by atoms with van der Waals surface area (Å²) in [6.45, 7) is 3.12. The van der Waals surface area contributed by atoms with E-state index in [1.165, 1.54) is 18.2 Å². The fourth-order valence-corrected chi connectivity index (χ4v) is 2.50. The third kappa shape index (κ3) is 8.20. The molecular formula is C20H25F2IN4O. The predicted molar refractivity (Wildman–Crippen MR) is 118 cm³/mol. The number of carbonyl (C=O) groups excluding carboxylic acids is 1. The molecule has 0 radical (unpaired) electrons. The minimum Gasteiger partial charge on any atom is -0.355 e. The van der Waals surface area contributed by atoms with Gasteiger partial charge >= 0.3 is 0 Å². The number of carbonyl (C=O) groups is 1. The number of hydrogen-bond acceptors (Lipinski definition) is 2. The molecule has 0 aliphatic rings. The van der Waals surface area contributed by atoms with E-state index in [1.54, 1.807) is 38.2 Å². The standard InChI is InChI=1S/C20H24F2N4O.HI/c1-14-10-16(6-7-18(14)22)13-26-20(23-2)25-9-8-24-19(27)12-15-4-3-5-17(21)11-15;/h3-7,10-11H,8-9,12-13H2,1-2H3,(H,24,27)(H2,23,25,26);1H. The molecule has 0 saturated heterocycles. The van der Waals surface area contributed by atoms with Gasteiger partial charge in [0.15, 0.2) is 5.96 Å². The molecule has 2 aromatic rings. The van der Waals surface area contributed by atoms with Crippen LogP contribution in [0.3, 0.4) is 0 Å². The summed E-state index contributed by atoms with van der Waals surface area (Å²) >= 11 is 0. The molecule has 28 heavy (non-hydrogen) atoms. The lowest BCUT2D eigenvalue weighted by atomic mass is 10.1. The Bertz CT molecular complexity index is 815. The molecule has 0 bridgehead atoms. The molecule has 2 rings (SSSR count). The van der Waals surface area contributed by atoms with Crippen molar-refractivity contribution < 1.29 is 13.6 Å². The van der Waals surface area contributed by atoms with Gasteiger partial charge in [-0.05, 0) is 41.8 Å². The zero-order chi connectivity index (χ0) is 19.6. The van der Waals surface area contributed by atoms with E-state index in [-0.39, 0.29) is 47.9 Å². The van der Waals surface area contributed by atoms with Crippen LogP contribution in [-0.4, -0.2) is 32.0 Å². The summed E-state index contributed by atoms with van der Waals surface area (Å²) in [7, 11) is 1.65. The first-order valence-corrected chi connectivity index (χ1v) is 8.68. The van der Waals surface area contributed by atoms with E-state index in [2.05, 4.69) is 20.9 Å². The van der Waals surface area contributed by atoms with Crippen LogP contribution in [0.2, 0.25) is 0 Å². The average Bonchev–Trinajstić information content (AvgIpc) is 2.64. The lowest BCUT2D eigenvalue weighted by Gasteiger charge is -2.13. The molecule has 0 unspecified atom stereocenters. The predicted octanol–water partition coefficient (Wildman–Crippen LogP) is 2.92. The number of guanidine groups is 1. The molecule has 0 saturated carbocycles. The first-order valence-electron chi connectivity index (χ1n) is 8.68. The molecule has 0 aromatic heterocycles. The number of benzene rings is 2. The van der Waals surface area contributed by atoms with Crippen molar-refractivity contribution >= 4 is 35.8 Å². The molecular weight excluding hydrogens is 477 g/mol. The van der Waals surface area contributed by atoms with Crippen molar-refractivity contribution in [3.8, 4) is 0 Å². The second kappa shape index (κ2) is 12.3. The normalized spacial score (nSPS) is 10.8. The van der Waals surface area contributed by atoms with E-state index in [9.17, 15) is 13.6 Å². The van der Waals surface area contributed by atoms with Crippen LogP contribution >= 0.6 is 24.0 Å². The number of aryl methyl sites for hydroxylation is 1. The van der Waals surface area contributed by atoms with E-state index in [1.807, 2.05) is 0 Å². The van der Waals surface area contributed by atoms with Gasteiger partial charge in [0.2, 0.25) is 5.91 Å². The molecule has 0 atom stereocenters. The highest BCUT2D eigenvalue weighted by Crippen LogP contribution is 2.08. The SMILES string of the molecule is CN=C(NCCNC(=O)Cc1cccc(F)c1)NCc1ccc(F)c(C)c1.I. The maximum absolute atomic E-state index is 13.3. The topological polar surface area (TPSA) is 65.5 Å². The number of nitrogens with one attached hydrogen (secondary N) is 3. The monoisotopic (exact) mass is 502 g/mol. The van der Waals surface area contributed by atoms with Crippen molar-refractivity contribution in [2.24, 2.45) is 4.99 Å². The summed E-state index contributed by atoms with van der Waals surface area (Å²) in [6.07, 6.45) is 0.134. The highest BCUT2D eigenvalue weighted by molar-refractivity contribution is 14.0. The van der Waals surface area contributed by atoms with Crippen molar-refractivity contribution in [1.82, 2.24) is 16.0 Å². The van der Waals surface area contributed by atoms with Gasteiger partial charge in [0.25, 0.3) is 0 Å². The van der Waals surface area contributed by atoms with E-state index < -0.39 is 0 Å². The Balaban J connectivity index is 0.00000392. The summed E-state index contributed by atoms with van der Waals surface area (Å²) in [5.41, 5.74) is 2.17. The molecule has 8 heteroatoms. The van der Waals surface area contributed by atoms with Crippen LogP contribution in [0.4, 0.5) is 8.78 Å². The molecule has 0 heterocycles. The fraction of sp³-hybridized carbons (Fsp3) is 0.300. The molecule has 0 fully saturated rings. The Hall–Kier alpha value is -2.23. The second-order valence-electron chi connectivity index (χ2n) is 6.09. The second-order valence-corrected chi connectivity index (χ2v) is 6.09. The minimum atomic E-state index is -0.354. The third-order valence-corrected chi connectivity index (χ3v) is 3.90. The van der Waals surface area contributed by atoms with Gasteiger partial charge in [-0.3, -0.25) is 9.79 Å². The van der Waals surface area contributed by atoms with Crippen LogP contribution in [0.15, 0.2) is 47.5 Å². The third-order valence-electron chi connectivity index (χ3n) is 3.90. The van der Waals surface area contributed by atoms with Crippen LogP contribution in [0.5, 0.6) is 0 Å². The van der Waals surface area contributed by atoms with Gasteiger partial charge in [-0.2, -0.15) is 0 Å². The Morgan fingerprint density at radius 3 is 2.43 bits per heavy atom. The lowest BCUT2D eigenvalue weighted by Crippen LogP contribution is -2.41. The number of hydrogen-bond donors (Lipinski definition) is 3. The largest absolute Gasteiger partial charge is 0.355 e. The zero-order valence-corrected chi connectivity index (χ0v) is 18.2. The van der Waals surface area contributed by atoms with E-state index in [0.29, 0.717) is 36.7 Å². The summed E-state index contributed by atoms with van der Waals surface area (Å²) < 4.78 is 26.4. The first-order chi connectivity index (χ1) is 13.0. The first kappa shape index (κ1) is 23.8. The highest BCUT2D eigenvalue weighted by atomic mass is 127. The number of halogens is 3. The smallest absolute Gasteiger partial charge is 0.224 e. The zero-order valence-electron chi connectivity index (χ0n) is 15.9. The number of nitrogens with zero attached hydrogens (tertiary/aromatic N) is 1. The molecule has 152 valence electrons. The van der Waals surface area contributed by atoms with Gasteiger partial charge in [-0.1, -0.05) is 24.3 Å². The summed E-state index contributed by atoms with van der Waals surface area (Å²) in [6, 6.07) is 10.9. The van der Waals surface area contributed by atoms with Crippen molar-refractivity contribution in [1.29, 1.82) is 0 Å². The van der Waals surface area contributed by atoms with Crippen molar-refractivity contribution in [3.05, 3.63) is 70.8 Å². The van der Waals surface area contributed by atoms with Crippen molar-refractivity contribution in [2.45, 2.75) is 19.9 Å².